The van der Waals surface area contributed by atoms with Crippen molar-refractivity contribution in [3.05, 3.63) is 24.0 Å². The summed E-state index contributed by atoms with van der Waals surface area (Å²) in [7, 11) is 0.199. The molecule has 112 valence electrons. The molecule has 0 amide bonds. The Labute approximate surface area is 125 Å². The van der Waals surface area contributed by atoms with Crippen LogP contribution in [0.2, 0.25) is 0 Å². The lowest BCUT2D eigenvalue weighted by Crippen LogP contribution is -2.48. The standard InChI is InChI=1S/C12H20N4O2S2/c1-12(2,16(3)4)8-15-20(17,18)9-5-6-10(11(13)19)14-7-9/h5-7,15H,8H2,1-4H3,(H2,13,19). The van der Waals surface area contributed by atoms with E-state index in [4.69, 9.17) is 18.0 Å². The summed E-state index contributed by atoms with van der Waals surface area (Å²) in [6.45, 7) is 4.19. The number of nitrogens with zero attached hydrogens (tertiary/aromatic N) is 2. The quantitative estimate of drug-likeness (QED) is 0.736. The van der Waals surface area contributed by atoms with Crippen molar-refractivity contribution in [1.82, 2.24) is 14.6 Å². The third-order valence-electron chi connectivity index (χ3n) is 3.20. The van der Waals surface area contributed by atoms with Crippen molar-refractivity contribution < 1.29 is 8.42 Å². The number of hydrogen-bond acceptors (Lipinski definition) is 5. The Balaban J connectivity index is 2.87. The zero-order valence-corrected chi connectivity index (χ0v) is 13.7. The second-order valence-corrected chi connectivity index (χ2v) is 7.48. The summed E-state index contributed by atoms with van der Waals surface area (Å²) >= 11 is 4.77. The lowest BCUT2D eigenvalue weighted by atomic mass is 10.1. The number of nitrogens with two attached hydrogens (primary N) is 1. The first-order chi connectivity index (χ1) is 9.06. The van der Waals surface area contributed by atoms with E-state index in [-0.39, 0.29) is 15.4 Å². The molecule has 6 nitrogen and oxygen atoms in total. The Morgan fingerprint density at radius 2 is 2.05 bits per heavy atom. The maximum Gasteiger partial charge on any atom is 0.242 e. The van der Waals surface area contributed by atoms with Gasteiger partial charge >= 0.3 is 0 Å². The summed E-state index contributed by atoms with van der Waals surface area (Å²) in [4.78, 5) is 6.10. The number of rotatable bonds is 6. The second-order valence-electron chi connectivity index (χ2n) is 5.27. The number of hydrogen-bond donors (Lipinski definition) is 2. The molecule has 0 spiro atoms. The highest BCUT2D eigenvalue weighted by molar-refractivity contribution is 7.89. The van der Waals surface area contributed by atoms with Crippen molar-refractivity contribution in [3.8, 4) is 0 Å². The van der Waals surface area contributed by atoms with Crippen molar-refractivity contribution in [2.24, 2.45) is 5.73 Å². The highest BCUT2D eigenvalue weighted by Crippen LogP contribution is 2.12. The van der Waals surface area contributed by atoms with Crippen LogP contribution in [0.15, 0.2) is 23.2 Å². The van der Waals surface area contributed by atoms with Crippen LogP contribution in [0, 0.1) is 0 Å². The molecule has 0 fully saturated rings. The number of aromatic nitrogens is 1. The average molecular weight is 316 g/mol. The predicted octanol–water partition coefficient (Wildman–Crippen LogP) is 0.334. The largest absolute Gasteiger partial charge is 0.388 e. The molecule has 1 heterocycles. The predicted molar refractivity (Wildman–Crippen MR) is 83.1 cm³/mol. The van der Waals surface area contributed by atoms with Crippen LogP contribution in [0.1, 0.15) is 19.5 Å². The monoisotopic (exact) mass is 316 g/mol. The van der Waals surface area contributed by atoms with Crippen molar-refractivity contribution in [1.29, 1.82) is 0 Å². The van der Waals surface area contributed by atoms with Crippen LogP contribution in [0.4, 0.5) is 0 Å². The zero-order chi connectivity index (χ0) is 15.6. The van der Waals surface area contributed by atoms with Crippen LogP contribution in [0.25, 0.3) is 0 Å². The van der Waals surface area contributed by atoms with Gasteiger partial charge in [0.05, 0.1) is 5.69 Å². The van der Waals surface area contributed by atoms with Crippen molar-refractivity contribution in [2.75, 3.05) is 20.6 Å². The van der Waals surface area contributed by atoms with E-state index in [0.717, 1.165) is 0 Å². The molecule has 0 aromatic carbocycles. The van der Waals surface area contributed by atoms with Crippen LogP contribution in [0.5, 0.6) is 0 Å². The molecule has 8 heteroatoms. The van der Waals surface area contributed by atoms with E-state index in [9.17, 15) is 8.42 Å². The highest BCUT2D eigenvalue weighted by Gasteiger charge is 2.24. The molecule has 20 heavy (non-hydrogen) atoms. The first kappa shape index (κ1) is 17.0. The molecular weight excluding hydrogens is 296 g/mol. The van der Waals surface area contributed by atoms with Crippen molar-refractivity contribution >= 4 is 27.2 Å². The zero-order valence-electron chi connectivity index (χ0n) is 12.0. The molecule has 3 N–H and O–H groups in total. The Morgan fingerprint density at radius 3 is 2.45 bits per heavy atom. The lowest BCUT2D eigenvalue weighted by molar-refractivity contribution is 0.199. The third kappa shape index (κ3) is 4.20. The maximum absolute atomic E-state index is 12.1. The molecule has 0 bridgehead atoms. The highest BCUT2D eigenvalue weighted by atomic mass is 32.2. The lowest BCUT2D eigenvalue weighted by Gasteiger charge is -2.32. The molecule has 0 aliphatic rings. The smallest absolute Gasteiger partial charge is 0.242 e. The second kappa shape index (κ2) is 6.13. The van der Waals surface area contributed by atoms with Gasteiger partial charge in [-0.1, -0.05) is 12.2 Å². The van der Waals surface area contributed by atoms with Gasteiger partial charge in [0.25, 0.3) is 0 Å². The SMILES string of the molecule is CN(C)C(C)(C)CNS(=O)(=O)c1ccc(C(N)=S)nc1. The molecular formula is C12H20N4O2S2. The normalized spacial score (nSPS) is 12.7. The van der Waals surface area contributed by atoms with E-state index in [1.165, 1.54) is 18.3 Å². The van der Waals surface area contributed by atoms with Gasteiger partial charge in [0.2, 0.25) is 10.0 Å². The van der Waals surface area contributed by atoms with E-state index < -0.39 is 10.0 Å². The van der Waals surface area contributed by atoms with Gasteiger partial charge in [-0.05, 0) is 40.1 Å². The third-order valence-corrected chi connectivity index (χ3v) is 4.80. The van der Waals surface area contributed by atoms with Crippen LogP contribution >= 0.6 is 12.2 Å². The number of pyridine rings is 1. The molecule has 0 atom stereocenters. The number of sulfonamides is 1. The van der Waals surface area contributed by atoms with Crippen LogP contribution in [-0.2, 0) is 10.0 Å². The first-order valence-electron chi connectivity index (χ1n) is 5.99. The summed E-state index contributed by atoms with van der Waals surface area (Å²) < 4.78 is 26.9. The Bertz CT molecular complexity index is 580. The minimum Gasteiger partial charge on any atom is -0.388 e. The van der Waals surface area contributed by atoms with Crippen LogP contribution < -0.4 is 10.5 Å². The van der Waals surface area contributed by atoms with Gasteiger partial charge in [-0.15, -0.1) is 0 Å². The molecule has 1 aromatic heterocycles. The Morgan fingerprint density at radius 1 is 1.45 bits per heavy atom. The first-order valence-corrected chi connectivity index (χ1v) is 7.88. The number of nitrogens with one attached hydrogen (secondary N) is 1. The molecule has 0 aliphatic carbocycles. The van der Waals surface area contributed by atoms with Gasteiger partial charge < -0.3 is 10.6 Å². The van der Waals surface area contributed by atoms with Crippen LogP contribution in [-0.4, -0.2) is 49.5 Å². The van der Waals surface area contributed by atoms with E-state index in [2.05, 4.69) is 9.71 Å². The Kier molecular flexibility index (Phi) is 5.20. The molecule has 1 rings (SSSR count). The van der Waals surface area contributed by atoms with Gasteiger partial charge in [-0.3, -0.25) is 4.98 Å². The van der Waals surface area contributed by atoms with Gasteiger partial charge in [0.1, 0.15) is 9.88 Å². The molecule has 0 radical (unpaired) electrons. The van der Waals surface area contributed by atoms with Crippen LogP contribution in [0.3, 0.4) is 0 Å². The fourth-order valence-electron chi connectivity index (χ4n) is 1.20. The van der Waals surface area contributed by atoms with Crippen molar-refractivity contribution in [2.45, 2.75) is 24.3 Å². The minimum atomic E-state index is -3.59. The average Bonchev–Trinajstić information content (AvgIpc) is 2.36. The summed E-state index contributed by atoms with van der Waals surface area (Å²) in [6.07, 6.45) is 1.25. The summed E-state index contributed by atoms with van der Waals surface area (Å²) in [5.74, 6) is 0. The molecule has 0 saturated heterocycles. The van der Waals surface area contributed by atoms with E-state index >= 15 is 0 Å². The molecule has 0 saturated carbocycles. The van der Waals surface area contributed by atoms with Crippen molar-refractivity contribution in [3.63, 3.8) is 0 Å². The van der Waals surface area contributed by atoms with Gasteiger partial charge in [-0.25, -0.2) is 13.1 Å². The fraction of sp³-hybridized carbons (Fsp3) is 0.500. The number of thiocarbonyl (C=S) groups is 1. The maximum atomic E-state index is 12.1. The summed E-state index contributed by atoms with van der Waals surface area (Å²) in [6, 6.07) is 2.93. The van der Waals surface area contributed by atoms with Gasteiger partial charge in [0.15, 0.2) is 0 Å². The van der Waals surface area contributed by atoms with Gasteiger partial charge in [0, 0.05) is 18.3 Å². The topological polar surface area (TPSA) is 88.3 Å². The van der Waals surface area contributed by atoms with E-state index in [1.54, 1.807) is 0 Å². The van der Waals surface area contributed by atoms with E-state index in [0.29, 0.717) is 12.2 Å². The van der Waals surface area contributed by atoms with E-state index in [1.807, 2.05) is 32.8 Å². The Hall–Kier alpha value is -1.09. The molecule has 0 unspecified atom stereocenters. The molecule has 1 aromatic rings. The fourth-order valence-corrected chi connectivity index (χ4v) is 2.47. The minimum absolute atomic E-state index is 0.0899. The molecule has 0 aliphatic heterocycles. The number of likely N-dealkylation sites (N-methyl/N-ethyl adjacent to an activating group) is 1. The van der Waals surface area contributed by atoms with Gasteiger partial charge in [-0.2, -0.15) is 0 Å². The summed E-state index contributed by atoms with van der Waals surface area (Å²) in [5.41, 5.74) is 5.52. The summed E-state index contributed by atoms with van der Waals surface area (Å²) in [5, 5.41) is 0.